The van der Waals surface area contributed by atoms with Crippen LogP contribution in [0.4, 0.5) is 14.9 Å². The molecule has 2 N–H and O–H groups in total. The number of carboxylic acid groups (broad SMARTS) is 1. The molecule has 10 nitrogen and oxygen atoms in total. The fourth-order valence-electron chi connectivity index (χ4n) is 2.93. The maximum atomic E-state index is 14.5. The van der Waals surface area contributed by atoms with Crippen LogP contribution in [0.1, 0.15) is 5.56 Å². The topological polar surface area (TPSA) is 139 Å². The Labute approximate surface area is 184 Å². The number of anilines is 1. The molecular formula is C19H19FN4O6S2. The molecule has 3 aromatic rings. The minimum Gasteiger partial charge on any atom is -0.465 e. The molecule has 2 heterocycles. The monoisotopic (exact) mass is 482 g/mol. The first-order valence-corrected chi connectivity index (χ1v) is 12.3. The molecule has 0 radical (unpaired) electrons. The standard InChI is InChI=1S/C19H19FN4O6S2/c1-23(19(25)26)11-13-7-18(16-5-3-4-6-17(16)20)24(12-13)32(29,30)15-8-14(9-21-10-15)22-31(2,27)28/h3-10,12,22H,11H2,1-2H3,(H,25,26). The molecule has 13 heteroatoms. The third-order valence-electron chi connectivity index (χ3n) is 4.31. The number of sulfonamides is 1. The van der Waals surface area contributed by atoms with Crippen LogP contribution in [-0.2, 0) is 26.6 Å². The van der Waals surface area contributed by atoms with E-state index in [4.69, 9.17) is 5.11 Å². The lowest BCUT2D eigenvalue weighted by atomic mass is 10.1. The van der Waals surface area contributed by atoms with Gasteiger partial charge in [0.2, 0.25) is 10.0 Å². The zero-order chi connectivity index (χ0) is 23.7. The lowest BCUT2D eigenvalue weighted by Crippen LogP contribution is -2.23. The van der Waals surface area contributed by atoms with Gasteiger partial charge in [-0.25, -0.2) is 30.0 Å². The average molecular weight is 483 g/mol. The van der Waals surface area contributed by atoms with Crippen LogP contribution in [0.3, 0.4) is 0 Å². The summed E-state index contributed by atoms with van der Waals surface area (Å²) < 4.78 is 67.2. The maximum Gasteiger partial charge on any atom is 0.407 e. The Morgan fingerprint density at radius 2 is 1.88 bits per heavy atom. The molecular weight excluding hydrogens is 463 g/mol. The quantitative estimate of drug-likeness (QED) is 0.527. The maximum absolute atomic E-state index is 14.5. The number of nitrogens with zero attached hydrogens (tertiary/aromatic N) is 3. The van der Waals surface area contributed by atoms with Gasteiger partial charge in [0.1, 0.15) is 10.7 Å². The molecule has 2 aromatic heterocycles. The van der Waals surface area contributed by atoms with Crippen LogP contribution in [0, 0.1) is 5.82 Å². The van der Waals surface area contributed by atoms with Crippen molar-refractivity contribution in [2.75, 3.05) is 18.0 Å². The molecule has 0 fully saturated rings. The van der Waals surface area contributed by atoms with E-state index >= 15 is 0 Å². The number of nitrogens with one attached hydrogen (secondary N) is 1. The molecule has 0 saturated heterocycles. The molecule has 3 rings (SSSR count). The number of benzene rings is 1. The molecule has 0 aliphatic heterocycles. The normalized spacial score (nSPS) is 11.8. The predicted octanol–water partition coefficient (Wildman–Crippen LogP) is 2.41. The van der Waals surface area contributed by atoms with Gasteiger partial charge in [0.25, 0.3) is 10.0 Å². The van der Waals surface area contributed by atoms with Gasteiger partial charge < -0.3 is 10.0 Å². The molecule has 0 bridgehead atoms. The number of aromatic nitrogens is 2. The third kappa shape index (κ3) is 5.06. The van der Waals surface area contributed by atoms with Crippen molar-refractivity contribution in [3.05, 3.63) is 66.4 Å². The van der Waals surface area contributed by atoms with Gasteiger partial charge in [-0.1, -0.05) is 12.1 Å². The van der Waals surface area contributed by atoms with Crippen LogP contribution >= 0.6 is 0 Å². The summed E-state index contributed by atoms with van der Waals surface area (Å²) in [5, 5.41) is 9.12. The van der Waals surface area contributed by atoms with E-state index in [1.165, 1.54) is 43.6 Å². The van der Waals surface area contributed by atoms with Crippen LogP contribution in [0.2, 0.25) is 0 Å². The molecule has 170 valence electrons. The minimum atomic E-state index is -4.36. The Morgan fingerprint density at radius 3 is 2.50 bits per heavy atom. The molecule has 0 spiro atoms. The fraction of sp³-hybridized carbons (Fsp3) is 0.158. The van der Waals surface area contributed by atoms with E-state index in [9.17, 15) is 26.0 Å². The Bertz CT molecular complexity index is 1390. The van der Waals surface area contributed by atoms with E-state index in [0.29, 0.717) is 5.56 Å². The van der Waals surface area contributed by atoms with Crippen molar-refractivity contribution in [1.29, 1.82) is 0 Å². The molecule has 0 atom stereocenters. The van der Waals surface area contributed by atoms with Crippen molar-refractivity contribution in [1.82, 2.24) is 13.9 Å². The molecule has 0 saturated carbocycles. The van der Waals surface area contributed by atoms with Crippen LogP contribution in [0.15, 0.2) is 59.9 Å². The summed E-state index contributed by atoms with van der Waals surface area (Å²) in [5.74, 6) is -0.675. The molecule has 0 aliphatic carbocycles. The summed E-state index contributed by atoms with van der Waals surface area (Å²) >= 11 is 0. The molecule has 32 heavy (non-hydrogen) atoms. The largest absolute Gasteiger partial charge is 0.465 e. The summed E-state index contributed by atoms with van der Waals surface area (Å²) in [6, 6.07) is 7.99. The second-order valence-electron chi connectivity index (χ2n) is 6.94. The second-order valence-corrected chi connectivity index (χ2v) is 10.5. The van der Waals surface area contributed by atoms with E-state index in [2.05, 4.69) is 9.71 Å². The summed E-state index contributed by atoms with van der Waals surface area (Å²) in [4.78, 5) is 15.5. The van der Waals surface area contributed by atoms with Crippen molar-refractivity contribution in [3.8, 4) is 11.3 Å². The number of carbonyl (C=O) groups is 1. The van der Waals surface area contributed by atoms with Gasteiger partial charge in [0.15, 0.2) is 0 Å². The number of rotatable bonds is 7. The van der Waals surface area contributed by atoms with Gasteiger partial charge in [0, 0.05) is 25.0 Å². The van der Waals surface area contributed by atoms with Crippen molar-refractivity contribution in [2.24, 2.45) is 0 Å². The highest BCUT2D eigenvalue weighted by molar-refractivity contribution is 7.92. The van der Waals surface area contributed by atoms with Gasteiger partial charge in [-0.2, -0.15) is 0 Å². The van der Waals surface area contributed by atoms with E-state index in [1.54, 1.807) is 0 Å². The summed E-state index contributed by atoms with van der Waals surface area (Å²) in [6.45, 7) is -0.146. The van der Waals surface area contributed by atoms with Crippen molar-refractivity contribution in [2.45, 2.75) is 11.4 Å². The van der Waals surface area contributed by atoms with Gasteiger partial charge in [0.05, 0.1) is 30.4 Å². The lowest BCUT2D eigenvalue weighted by Gasteiger charge is -2.12. The van der Waals surface area contributed by atoms with Crippen LogP contribution in [0.25, 0.3) is 11.3 Å². The zero-order valence-electron chi connectivity index (χ0n) is 16.9. The number of pyridine rings is 1. The SMILES string of the molecule is CN(Cc1cc(-c2ccccc2F)n(S(=O)(=O)c2cncc(NS(C)(=O)=O)c2)c1)C(=O)O. The molecule has 0 unspecified atom stereocenters. The highest BCUT2D eigenvalue weighted by atomic mass is 32.2. The fourth-order valence-corrected chi connectivity index (χ4v) is 4.85. The highest BCUT2D eigenvalue weighted by Gasteiger charge is 2.25. The van der Waals surface area contributed by atoms with E-state index < -0.39 is 32.0 Å². The number of halogens is 1. The molecule has 1 aromatic carbocycles. The Hall–Kier alpha value is -3.45. The highest BCUT2D eigenvalue weighted by Crippen LogP contribution is 2.30. The van der Waals surface area contributed by atoms with Gasteiger partial charge in [-0.15, -0.1) is 0 Å². The first-order valence-electron chi connectivity index (χ1n) is 8.97. The minimum absolute atomic E-state index is 0.0151. The van der Waals surface area contributed by atoms with Crippen LogP contribution in [0.5, 0.6) is 0 Å². The van der Waals surface area contributed by atoms with Crippen molar-refractivity contribution < 1.29 is 31.1 Å². The van der Waals surface area contributed by atoms with Gasteiger partial charge in [-0.05, 0) is 29.8 Å². The van der Waals surface area contributed by atoms with Crippen molar-refractivity contribution in [3.63, 3.8) is 0 Å². The Balaban J connectivity index is 2.17. The average Bonchev–Trinajstić information content (AvgIpc) is 3.11. The van der Waals surface area contributed by atoms with Gasteiger partial charge in [-0.3, -0.25) is 9.71 Å². The number of amides is 1. The van der Waals surface area contributed by atoms with E-state index in [1.807, 2.05) is 0 Å². The van der Waals surface area contributed by atoms with Gasteiger partial charge >= 0.3 is 6.09 Å². The molecule has 0 aliphatic rings. The van der Waals surface area contributed by atoms with Crippen LogP contribution in [-0.4, -0.2) is 55.2 Å². The molecule has 1 amide bonds. The first-order chi connectivity index (χ1) is 14.9. The van der Waals surface area contributed by atoms with E-state index in [-0.39, 0.29) is 28.4 Å². The zero-order valence-corrected chi connectivity index (χ0v) is 18.6. The summed E-state index contributed by atoms with van der Waals surface area (Å²) in [7, 11) is -6.74. The smallest absolute Gasteiger partial charge is 0.407 e. The van der Waals surface area contributed by atoms with E-state index in [0.717, 1.165) is 33.6 Å². The number of hydrogen-bond donors (Lipinski definition) is 2. The lowest BCUT2D eigenvalue weighted by molar-refractivity contribution is 0.154. The number of hydrogen-bond acceptors (Lipinski definition) is 6. The van der Waals surface area contributed by atoms with Crippen molar-refractivity contribution >= 4 is 31.8 Å². The Kier molecular flexibility index (Phi) is 6.23. The second kappa shape index (κ2) is 8.59. The first kappa shape index (κ1) is 23.2. The Morgan fingerprint density at radius 1 is 1.19 bits per heavy atom. The third-order valence-corrected chi connectivity index (χ3v) is 6.56. The summed E-state index contributed by atoms with van der Waals surface area (Å²) in [5.41, 5.74) is 0.186. The van der Waals surface area contributed by atoms with Crippen LogP contribution < -0.4 is 4.72 Å². The predicted molar refractivity (Wildman–Crippen MR) is 115 cm³/mol. The summed E-state index contributed by atoms with van der Waals surface area (Å²) in [6.07, 6.45) is 3.03.